The molecule has 0 fully saturated rings. The zero-order valence-corrected chi connectivity index (χ0v) is 9.34. The Morgan fingerprint density at radius 1 is 1.47 bits per heavy atom. The Morgan fingerprint density at radius 2 is 2.33 bits per heavy atom. The fourth-order valence-electron chi connectivity index (χ4n) is 1.86. The smallest absolute Gasteiger partial charge is 0.144 e. The van der Waals surface area contributed by atoms with Crippen molar-refractivity contribution in [3.8, 4) is 5.75 Å². The van der Waals surface area contributed by atoms with Gasteiger partial charge in [-0.2, -0.15) is 0 Å². The van der Waals surface area contributed by atoms with Crippen LogP contribution in [0.1, 0.15) is 20.3 Å². The van der Waals surface area contributed by atoms with Crippen LogP contribution in [0.2, 0.25) is 0 Å². The van der Waals surface area contributed by atoms with Crippen molar-refractivity contribution < 1.29 is 4.74 Å². The van der Waals surface area contributed by atoms with Crippen molar-refractivity contribution in [3.63, 3.8) is 0 Å². The van der Waals surface area contributed by atoms with Gasteiger partial charge in [-0.05, 0) is 32.4 Å². The van der Waals surface area contributed by atoms with Crippen LogP contribution in [0.5, 0.6) is 5.75 Å². The van der Waals surface area contributed by atoms with E-state index in [2.05, 4.69) is 23.6 Å². The summed E-state index contributed by atoms with van der Waals surface area (Å²) in [5.74, 6) is 0.941. The summed E-state index contributed by atoms with van der Waals surface area (Å²) < 4.78 is 5.59. The van der Waals surface area contributed by atoms with Crippen LogP contribution in [0.4, 0.5) is 11.4 Å². The molecule has 0 spiro atoms. The maximum atomic E-state index is 5.59. The Kier molecular flexibility index (Phi) is 2.99. The van der Waals surface area contributed by atoms with E-state index in [1.54, 1.807) is 0 Å². The first-order valence-electron chi connectivity index (χ1n) is 5.57. The molecule has 2 N–H and O–H groups in total. The molecule has 1 aliphatic rings. The lowest BCUT2D eigenvalue weighted by atomic mass is 10.2. The Balaban J connectivity index is 2.32. The van der Waals surface area contributed by atoms with E-state index in [4.69, 9.17) is 4.74 Å². The van der Waals surface area contributed by atoms with Crippen LogP contribution in [0.25, 0.3) is 0 Å². The normalized spacial score (nSPS) is 19.5. The maximum absolute atomic E-state index is 5.59. The number of hydrogen-bond acceptors (Lipinski definition) is 3. The molecule has 1 aliphatic heterocycles. The zero-order chi connectivity index (χ0) is 10.7. The first-order valence-corrected chi connectivity index (χ1v) is 5.57. The summed E-state index contributed by atoms with van der Waals surface area (Å²) in [7, 11) is 0. The van der Waals surface area contributed by atoms with Crippen LogP contribution in [0.3, 0.4) is 0 Å². The van der Waals surface area contributed by atoms with E-state index in [9.17, 15) is 0 Å². The van der Waals surface area contributed by atoms with Crippen LogP contribution >= 0.6 is 0 Å². The molecule has 1 aromatic rings. The van der Waals surface area contributed by atoms with Gasteiger partial charge in [0, 0.05) is 12.6 Å². The molecule has 82 valence electrons. The largest absolute Gasteiger partial charge is 0.492 e. The molecular formula is C12H18N2O. The number of rotatable bonds is 2. The molecule has 0 bridgehead atoms. The summed E-state index contributed by atoms with van der Waals surface area (Å²) in [5.41, 5.74) is 2.25. The van der Waals surface area contributed by atoms with Gasteiger partial charge in [-0.3, -0.25) is 0 Å². The third-order valence-corrected chi connectivity index (χ3v) is 2.61. The second-order valence-corrected chi connectivity index (χ2v) is 3.87. The third kappa shape index (κ3) is 2.17. The minimum Gasteiger partial charge on any atom is -0.492 e. The number of fused-ring (bicyclic) bond motifs is 1. The van der Waals surface area contributed by atoms with E-state index in [1.165, 1.54) is 0 Å². The molecule has 1 heterocycles. The molecule has 0 aromatic heterocycles. The Bertz CT molecular complexity index is 338. The van der Waals surface area contributed by atoms with Crippen molar-refractivity contribution in [3.05, 3.63) is 18.2 Å². The molecule has 15 heavy (non-hydrogen) atoms. The van der Waals surface area contributed by atoms with Gasteiger partial charge in [0.25, 0.3) is 0 Å². The van der Waals surface area contributed by atoms with Gasteiger partial charge < -0.3 is 15.4 Å². The summed E-state index contributed by atoms with van der Waals surface area (Å²) in [6.07, 6.45) is 1.13. The van der Waals surface area contributed by atoms with Crippen molar-refractivity contribution in [1.29, 1.82) is 0 Å². The lowest BCUT2D eigenvalue weighted by molar-refractivity contribution is 0.342. The topological polar surface area (TPSA) is 33.3 Å². The monoisotopic (exact) mass is 206 g/mol. The minimum atomic E-state index is 0.510. The van der Waals surface area contributed by atoms with Crippen LogP contribution < -0.4 is 15.4 Å². The predicted molar refractivity (Wildman–Crippen MR) is 63.8 cm³/mol. The van der Waals surface area contributed by atoms with Gasteiger partial charge in [-0.1, -0.05) is 6.07 Å². The molecule has 3 heteroatoms. The van der Waals surface area contributed by atoms with Gasteiger partial charge in [0.1, 0.15) is 11.4 Å². The highest BCUT2D eigenvalue weighted by molar-refractivity contribution is 5.76. The number of nitrogens with one attached hydrogen (secondary N) is 2. The molecular weight excluding hydrogens is 188 g/mol. The average Bonchev–Trinajstić information content (AvgIpc) is 2.40. The predicted octanol–water partition coefficient (Wildman–Crippen LogP) is 2.70. The fraction of sp³-hybridized carbons (Fsp3) is 0.500. The van der Waals surface area contributed by atoms with Gasteiger partial charge in [0.2, 0.25) is 0 Å². The highest BCUT2D eigenvalue weighted by atomic mass is 16.5. The summed E-state index contributed by atoms with van der Waals surface area (Å²) >= 11 is 0. The SMILES string of the molecule is CCOc1cccc2c1NCCC(C)N2. The van der Waals surface area contributed by atoms with E-state index in [1.807, 2.05) is 19.1 Å². The highest BCUT2D eigenvalue weighted by Crippen LogP contribution is 2.34. The van der Waals surface area contributed by atoms with E-state index >= 15 is 0 Å². The number of ether oxygens (including phenoxy) is 1. The van der Waals surface area contributed by atoms with Gasteiger partial charge in [-0.25, -0.2) is 0 Å². The second kappa shape index (κ2) is 4.43. The zero-order valence-electron chi connectivity index (χ0n) is 9.34. The molecule has 0 radical (unpaired) electrons. The van der Waals surface area contributed by atoms with Crippen molar-refractivity contribution in [2.75, 3.05) is 23.8 Å². The van der Waals surface area contributed by atoms with Gasteiger partial charge in [0.05, 0.1) is 12.3 Å². The Labute approximate surface area is 90.8 Å². The molecule has 1 unspecified atom stereocenters. The first kappa shape index (κ1) is 10.1. The fourth-order valence-corrected chi connectivity index (χ4v) is 1.86. The quantitative estimate of drug-likeness (QED) is 0.780. The van der Waals surface area contributed by atoms with Crippen molar-refractivity contribution >= 4 is 11.4 Å². The summed E-state index contributed by atoms with van der Waals surface area (Å²) in [6.45, 7) is 5.90. The Hall–Kier alpha value is -1.38. The van der Waals surface area contributed by atoms with Gasteiger partial charge in [0.15, 0.2) is 0 Å². The molecule has 0 saturated heterocycles. The van der Waals surface area contributed by atoms with Crippen LogP contribution in [-0.2, 0) is 0 Å². The van der Waals surface area contributed by atoms with E-state index in [0.29, 0.717) is 12.6 Å². The molecule has 0 amide bonds. The van der Waals surface area contributed by atoms with Crippen molar-refractivity contribution in [2.45, 2.75) is 26.3 Å². The van der Waals surface area contributed by atoms with E-state index < -0.39 is 0 Å². The third-order valence-electron chi connectivity index (χ3n) is 2.61. The van der Waals surface area contributed by atoms with Crippen molar-refractivity contribution in [1.82, 2.24) is 0 Å². The molecule has 1 atom stereocenters. The van der Waals surface area contributed by atoms with Crippen LogP contribution in [-0.4, -0.2) is 19.2 Å². The molecule has 2 rings (SSSR count). The lowest BCUT2D eigenvalue weighted by Crippen LogP contribution is -2.14. The van der Waals surface area contributed by atoms with Gasteiger partial charge >= 0.3 is 0 Å². The molecule has 1 aromatic carbocycles. The molecule has 0 saturated carbocycles. The number of para-hydroxylation sites is 1. The van der Waals surface area contributed by atoms with E-state index in [0.717, 1.165) is 30.1 Å². The first-order chi connectivity index (χ1) is 7.31. The summed E-state index contributed by atoms with van der Waals surface area (Å²) in [4.78, 5) is 0. The molecule has 0 aliphatic carbocycles. The van der Waals surface area contributed by atoms with Crippen LogP contribution in [0, 0.1) is 0 Å². The minimum absolute atomic E-state index is 0.510. The van der Waals surface area contributed by atoms with Gasteiger partial charge in [-0.15, -0.1) is 0 Å². The highest BCUT2D eigenvalue weighted by Gasteiger charge is 2.14. The number of hydrogen-bond donors (Lipinski definition) is 2. The molecule has 3 nitrogen and oxygen atoms in total. The van der Waals surface area contributed by atoms with Crippen molar-refractivity contribution in [2.24, 2.45) is 0 Å². The summed E-state index contributed by atoms with van der Waals surface area (Å²) in [5, 5.41) is 6.90. The number of anilines is 2. The summed E-state index contributed by atoms with van der Waals surface area (Å²) in [6, 6.07) is 6.63. The second-order valence-electron chi connectivity index (χ2n) is 3.87. The average molecular weight is 206 g/mol. The van der Waals surface area contributed by atoms with Crippen LogP contribution in [0.15, 0.2) is 18.2 Å². The Morgan fingerprint density at radius 3 is 3.13 bits per heavy atom. The standard InChI is InChI=1S/C12H18N2O/c1-3-15-11-6-4-5-10-12(11)13-8-7-9(2)14-10/h4-6,9,13-14H,3,7-8H2,1-2H3. The maximum Gasteiger partial charge on any atom is 0.144 e. The number of benzene rings is 1. The lowest BCUT2D eigenvalue weighted by Gasteiger charge is -2.15. The van der Waals surface area contributed by atoms with E-state index in [-0.39, 0.29) is 0 Å².